The fraction of sp³-hybridized carbons (Fsp3) is 0.395. The molecule has 2 aromatic carbocycles. The summed E-state index contributed by atoms with van der Waals surface area (Å²) in [5.41, 5.74) is -0.509. The van der Waals surface area contributed by atoms with Gasteiger partial charge in [0.1, 0.15) is 25.3 Å². The van der Waals surface area contributed by atoms with Gasteiger partial charge in [-0.2, -0.15) is 0 Å². The van der Waals surface area contributed by atoms with Gasteiger partial charge in [-0.3, -0.25) is 20.2 Å². The highest BCUT2D eigenvalue weighted by atomic mass is 33.1. The van der Waals surface area contributed by atoms with E-state index in [0.717, 1.165) is 0 Å². The lowest BCUT2D eigenvalue weighted by Gasteiger charge is -2.29. The molecule has 0 saturated heterocycles. The third-order valence-electron chi connectivity index (χ3n) is 9.16. The van der Waals surface area contributed by atoms with Gasteiger partial charge in [0.2, 0.25) is 23.5 Å². The summed E-state index contributed by atoms with van der Waals surface area (Å²) in [4.78, 5) is 70.9. The van der Waals surface area contributed by atoms with Gasteiger partial charge in [0.25, 0.3) is 11.4 Å². The Hall–Kier alpha value is -6.01. The smallest absolute Gasteiger partial charge is 0.345 e. The van der Waals surface area contributed by atoms with E-state index in [2.05, 4.69) is 0 Å². The number of nitro groups is 2. The normalized spacial score (nSPS) is 11.6. The molecule has 0 aliphatic heterocycles. The lowest BCUT2D eigenvalue weighted by Crippen LogP contribution is -2.43. The van der Waals surface area contributed by atoms with Gasteiger partial charge in [-0.1, -0.05) is 21.6 Å². The maximum Gasteiger partial charge on any atom is 0.345 e. The van der Waals surface area contributed by atoms with Gasteiger partial charge in [-0.05, 0) is 24.3 Å². The molecule has 21 nitrogen and oxygen atoms in total. The first-order chi connectivity index (χ1) is 28.7. The van der Waals surface area contributed by atoms with Gasteiger partial charge in [0.05, 0.1) is 82.7 Å². The van der Waals surface area contributed by atoms with Crippen LogP contribution in [-0.2, 0) is 25.7 Å². The predicted octanol–water partition coefficient (Wildman–Crippen LogP) is 4.43. The molecule has 23 heteroatoms. The summed E-state index contributed by atoms with van der Waals surface area (Å²) in [5.74, 6) is -3.92. The number of hydrogen-bond donors (Lipinski definition) is 4. The second-order valence-electron chi connectivity index (χ2n) is 14.9. The Morgan fingerprint density at radius 3 is 1.56 bits per heavy atom. The van der Waals surface area contributed by atoms with Gasteiger partial charge < -0.3 is 48.5 Å². The first-order valence-corrected chi connectivity index (χ1v) is 20.8. The van der Waals surface area contributed by atoms with E-state index in [1.165, 1.54) is 70.1 Å². The summed E-state index contributed by atoms with van der Waals surface area (Å²) < 4.78 is 13.3. The summed E-state index contributed by atoms with van der Waals surface area (Å²) in [7, 11) is 9.95. The SMILES string of the molecule is C[N+](C)(CCCC(=O)On1c(O)ccc1O)CCOCc1cc(SSc2ccc([N+](=O)[O-])c(C(=O)OCC[N+](C)(C)CCCC(=O)On3c(O)ccc3O)c2)ccc1[N+](=O)[O-]. The molecule has 2 heterocycles. The average molecular weight is 893 g/mol. The summed E-state index contributed by atoms with van der Waals surface area (Å²) in [5, 5.41) is 62.1. The zero-order valence-corrected chi connectivity index (χ0v) is 35.5. The van der Waals surface area contributed by atoms with Gasteiger partial charge >= 0.3 is 17.9 Å². The second kappa shape index (κ2) is 21.5. The van der Waals surface area contributed by atoms with Crippen molar-refractivity contribution in [3.63, 3.8) is 0 Å². The van der Waals surface area contributed by atoms with Crippen molar-refractivity contribution in [2.24, 2.45) is 0 Å². The monoisotopic (exact) mass is 892 g/mol. The number of carbonyl (C=O) groups excluding carboxylic acids is 3. The number of nitrogens with zero attached hydrogens (tertiary/aromatic N) is 6. The molecule has 0 radical (unpaired) electrons. The van der Waals surface area contributed by atoms with Crippen LogP contribution in [-0.4, -0.2) is 134 Å². The number of esters is 1. The number of likely N-dealkylation sites (N-methyl/N-ethyl adjacent to an activating group) is 2. The summed E-state index contributed by atoms with van der Waals surface area (Å²) in [6, 6.07) is 13.3. The minimum atomic E-state index is -0.900. The molecule has 61 heavy (non-hydrogen) atoms. The lowest BCUT2D eigenvalue weighted by atomic mass is 10.2. The molecule has 4 rings (SSSR count). The van der Waals surface area contributed by atoms with Crippen molar-refractivity contribution in [1.29, 1.82) is 0 Å². The minimum Gasteiger partial charge on any atom is -0.492 e. The second-order valence-corrected chi connectivity index (χ2v) is 17.2. The number of nitro benzene ring substituents is 2. The topological polar surface area (TPSA) is 265 Å². The Morgan fingerprint density at radius 1 is 0.639 bits per heavy atom. The lowest BCUT2D eigenvalue weighted by molar-refractivity contribution is -0.890. The van der Waals surface area contributed by atoms with Crippen molar-refractivity contribution in [1.82, 2.24) is 9.46 Å². The number of hydrogen-bond acceptors (Lipinski definition) is 17. The van der Waals surface area contributed by atoms with E-state index in [0.29, 0.717) is 72.8 Å². The van der Waals surface area contributed by atoms with E-state index in [-0.39, 0.29) is 43.9 Å². The summed E-state index contributed by atoms with van der Waals surface area (Å²) in [6.45, 7) is 1.96. The number of quaternary nitrogens is 2. The maximum atomic E-state index is 13.1. The third kappa shape index (κ3) is 14.6. The summed E-state index contributed by atoms with van der Waals surface area (Å²) >= 11 is 0. The van der Waals surface area contributed by atoms with E-state index in [4.69, 9.17) is 19.1 Å². The van der Waals surface area contributed by atoms with Gasteiger partial charge in [-0.25, -0.2) is 14.4 Å². The van der Waals surface area contributed by atoms with Crippen LogP contribution >= 0.6 is 21.6 Å². The number of rotatable bonds is 24. The van der Waals surface area contributed by atoms with E-state index in [1.54, 1.807) is 12.1 Å². The Kier molecular flexibility index (Phi) is 16.8. The van der Waals surface area contributed by atoms with Crippen LogP contribution in [0, 0.1) is 20.2 Å². The van der Waals surface area contributed by atoms with Gasteiger partial charge in [0, 0.05) is 59.0 Å². The highest BCUT2D eigenvalue weighted by Gasteiger charge is 2.25. The average Bonchev–Trinajstić information content (AvgIpc) is 3.68. The molecule has 0 aliphatic rings. The van der Waals surface area contributed by atoms with Crippen molar-refractivity contribution < 1.29 is 72.8 Å². The molecular formula is C38H48N6O15S2+2. The van der Waals surface area contributed by atoms with E-state index in [1.807, 2.05) is 28.2 Å². The van der Waals surface area contributed by atoms with Crippen molar-refractivity contribution in [2.45, 2.75) is 42.1 Å². The quantitative estimate of drug-likeness (QED) is 0.0189. The molecule has 0 amide bonds. The van der Waals surface area contributed by atoms with Crippen LogP contribution < -0.4 is 9.68 Å². The van der Waals surface area contributed by atoms with Crippen LogP contribution in [0.2, 0.25) is 0 Å². The molecule has 4 N–H and O–H groups in total. The van der Waals surface area contributed by atoms with Crippen molar-refractivity contribution in [3.05, 3.63) is 92.0 Å². The zero-order valence-electron chi connectivity index (χ0n) is 33.8. The molecule has 0 atom stereocenters. The molecule has 330 valence electrons. The van der Waals surface area contributed by atoms with E-state index >= 15 is 0 Å². The standard InChI is InChI=1S/C38H46N6O15S2/c1-43(2,17-5-7-36(49)58-39-32(45)13-14-33(39)46)19-21-56-25-26-23-27(9-11-30(26)41(52)53)60-61-28-10-12-31(42(54)55)29(24-28)38(51)57-22-20-44(3,4)18-6-8-37(50)59-40-34(47)15-16-35(40)48/h9-16,23-24H,5-8,17-22,25H2,1-4H3,(H2-2,45,46,47,48)/p+2. The Labute approximate surface area is 357 Å². The summed E-state index contributed by atoms with van der Waals surface area (Å²) in [6.07, 6.45) is 0.811. The largest absolute Gasteiger partial charge is 0.492 e. The van der Waals surface area contributed by atoms with Gasteiger partial charge in [0.15, 0.2) is 0 Å². The fourth-order valence-corrected chi connectivity index (χ4v) is 7.66. The molecule has 0 unspecified atom stereocenters. The van der Waals surface area contributed by atoms with Gasteiger partial charge in [-0.15, -0.1) is 9.46 Å². The number of ether oxygens (including phenoxy) is 2. The Bertz CT molecular complexity index is 2170. The first-order valence-electron chi connectivity index (χ1n) is 18.7. The van der Waals surface area contributed by atoms with Crippen molar-refractivity contribution >= 4 is 50.9 Å². The van der Waals surface area contributed by atoms with Crippen LogP contribution in [0.4, 0.5) is 11.4 Å². The van der Waals surface area contributed by atoms with Crippen LogP contribution in [0.25, 0.3) is 0 Å². The molecule has 0 fully saturated rings. The first kappa shape index (κ1) is 47.7. The van der Waals surface area contributed by atoms with Crippen LogP contribution in [0.1, 0.15) is 41.6 Å². The maximum absolute atomic E-state index is 13.1. The highest BCUT2D eigenvalue weighted by Crippen LogP contribution is 2.40. The fourth-order valence-electron chi connectivity index (χ4n) is 5.66. The molecule has 0 saturated carbocycles. The number of aromatic hydroxyl groups is 4. The zero-order chi connectivity index (χ0) is 44.9. The molecule has 4 aromatic rings. The van der Waals surface area contributed by atoms with Crippen LogP contribution in [0.3, 0.4) is 0 Å². The number of benzene rings is 2. The van der Waals surface area contributed by atoms with Crippen LogP contribution in [0.15, 0.2) is 70.5 Å². The molecule has 0 spiro atoms. The third-order valence-corrected chi connectivity index (χ3v) is 11.5. The number of carbonyl (C=O) groups is 3. The predicted molar refractivity (Wildman–Crippen MR) is 219 cm³/mol. The molecule has 0 bridgehead atoms. The Balaban J connectivity index is 1.25. The molecular weight excluding hydrogens is 845 g/mol. The van der Waals surface area contributed by atoms with E-state index < -0.39 is 57.0 Å². The van der Waals surface area contributed by atoms with Crippen molar-refractivity contribution in [2.75, 3.05) is 67.6 Å². The molecule has 2 aromatic heterocycles. The minimum absolute atomic E-state index is 0.0243. The molecule has 0 aliphatic carbocycles. The highest BCUT2D eigenvalue weighted by molar-refractivity contribution is 8.76. The Morgan fingerprint density at radius 2 is 1.08 bits per heavy atom. The van der Waals surface area contributed by atoms with E-state index in [9.17, 15) is 55.0 Å². The van der Waals surface area contributed by atoms with Crippen LogP contribution in [0.5, 0.6) is 23.5 Å². The number of aromatic nitrogens is 2. The van der Waals surface area contributed by atoms with Crippen molar-refractivity contribution in [3.8, 4) is 23.5 Å².